The number of amides is 1. The maximum Gasteiger partial charge on any atom is 0.270 e. The Morgan fingerprint density at radius 1 is 0.969 bits per heavy atom. The summed E-state index contributed by atoms with van der Waals surface area (Å²) < 4.78 is 28.6. The molecule has 32 heavy (non-hydrogen) atoms. The molecule has 3 aromatic carbocycles. The molecule has 0 atom stereocenters. The number of nitrogens with zero attached hydrogens (tertiary/aromatic N) is 1. The molecule has 8 heteroatoms. The standard InChI is InChI=1S/C24H20Cl2N2O3S/c1-3-28-21-12-10-18(26)14-19(21)22(16-7-5-4-6-8-16)23(32(28,30)31)24(29)27-20-11-9-17(25)13-15(20)2/h4-14H,3H2,1-2H3,(H,27,29). The summed E-state index contributed by atoms with van der Waals surface area (Å²) in [5.74, 6) is -0.724. The van der Waals surface area contributed by atoms with E-state index in [1.165, 1.54) is 4.31 Å². The van der Waals surface area contributed by atoms with Crippen LogP contribution in [0.2, 0.25) is 10.0 Å². The van der Waals surface area contributed by atoms with Crippen molar-refractivity contribution in [2.24, 2.45) is 0 Å². The van der Waals surface area contributed by atoms with Crippen LogP contribution < -0.4 is 9.62 Å². The summed E-state index contributed by atoms with van der Waals surface area (Å²) in [5.41, 5.74) is 3.18. The van der Waals surface area contributed by atoms with Gasteiger partial charge in [-0.3, -0.25) is 9.10 Å². The summed E-state index contributed by atoms with van der Waals surface area (Å²) >= 11 is 12.3. The first-order valence-corrected chi connectivity index (χ1v) is 12.1. The second-order valence-corrected chi connectivity index (χ2v) is 9.99. The van der Waals surface area contributed by atoms with Gasteiger partial charge in [0.2, 0.25) is 0 Å². The van der Waals surface area contributed by atoms with E-state index in [4.69, 9.17) is 23.2 Å². The van der Waals surface area contributed by atoms with Gasteiger partial charge in [-0.2, -0.15) is 0 Å². The molecule has 0 saturated carbocycles. The van der Waals surface area contributed by atoms with Gasteiger partial charge >= 0.3 is 0 Å². The Balaban J connectivity index is 2.00. The highest BCUT2D eigenvalue weighted by Crippen LogP contribution is 2.44. The number of nitrogens with one attached hydrogen (secondary N) is 1. The van der Waals surface area contributed by atoms with Crippen molar-refractivity contribution in [3.63, 3.8) is 0 Å². The molecule has 4 rings (SSSR count). The third-order valence-electron chi connectivity index (χ3n) is 5.26. The second kappa shape index (κ2) is 8.62. The summed E-state index contributed by atoms with van der Waals surface area (Å²) in [4.78, 5) is 13.2. The average Bonchev–Trinajstić information content (AvgIpc) is 2.75. The largest absolute Gasteiger partial charge is 0.321 e. The maximum atomic E-state index is 13.7. The van der Waals surface area contributed by atoms with E-state index in [0.29, 0.717) is 38.1 Å². The highest BCUT2D eigenvalue weighted by molar-refractivity contribution is 7.97. The topological polar surface area (TPSA) is 66.5 Å². The van der Waals surface area contributed by atoms with E-state index in [1.807, 2.05) is 6.07 Å². The molecule has 5 nitrogen and oxygen atoms in total. The monoisotopic (exact) mass is 486 g/mol. The molecule has 0 spiro atoms. The summed E-state index contributed by atoms with van der Waals surface area (Å²) in [7, 11) is -4.15. The zero-order valence-corrected chi connectivity index (χ0v) is 19.7. The first-order valence-electron chi connectivity index (χ1n) is 9.94. The van der Waals surface area contributed by atoms with E-state index >= 15 is 0 Å². The number of hydrogen-bond donors (Lipinski definition) is 1. The normalized spacial score (nSPS) is 14.8. The molecule has 1 N–H and O–H groups in total. The maximum absolute atomic E-state index is 13.7. The van der Waals surface area contributed by atoms with Gasteiger partial charge in [0.15, 0.2) is 4.91 Å². The first kappa shape index (κ1) is 22.4. The lowest BCUT2D eigenvalue weighted by atomic mass is 9.95. The van der Waals surface area contributed by atoms with E-state index in [1.54, 1.807) is 74.5 Å². The minimum atomic E-state index is -4.15. The molecule has 0 aliphatic carbocycles. The van der Waals surface area contributed by atoms with Crippen LogP contribution in [0.15, 0.2) is 71.6 Å². The lowest BCUT2D eigenvalue weighted by Gasteiger charge is -2.33. The van der Waals surface area contributed by atoms with Gasteiger partial charge in [0, 0.05) is 33.4 Å². The summed E-state index contributed by atoms with van der Waals surface area (Å²) in [6, 6.07) is 19.0. The molecule has 0 saturated heterocycles. The Labute approximate surface area is 197 Å². The van der Waals surface area contributed by atoms with Crippen molar-refractivity contribution in [2.45, 2.75) is 13.8 Å². The van der Waals surface area contributed by atoms with Crippen molar-refractivity contribution >= 4 is 56.1 Å². The van der Waals surface area contributed by atoms with Crippen molar-refractivity contribution in [1.29, 1.82) is 0 Å². The number of rotatable bonds is 4. The van der Waals surface area contributed by atoms with Gasteiger partial charge < -0.3 is 5.32 Å². The SMILES string of the molecule is CCN1c2ccc(Cl)cc2C(c2ccccc2)=C(C(=O)Nc2ccc(Cl)cc2C)S1(=O)=O. The number of anilines is 2. The van der Waals surface area contributed by atoms with Gasteiger partial charge in [0.05, 0.1) is 5.69 Å². The Kier molecular flexibility index (Phi) is 6.03. The molecule has 1 aliphatic rings. The molecule has 0 bridgehead atoms. The van der Waals surface area contributed by atoms with Crippen LogP contribution in [0.1, 0.15) is 23.6 Å². The summed E-state index contributed by atoms with van der Waals surface area (Å²) in [6.45, 7) is 3.68. The van der Waals surface area contributed by atoms with Crippen LogP contribution in [-0.2, 0) is 14.8 Å². The number of carbonyl (C=O) groups excluding carboxylic acids is 1. The van der Waals surface area contributed by atoms with Crippen LogP contribution in [0.3, 0.4) is 0 Å². The van der Waals surface area contributed by atoms with E-state index in [0.717, 1.165) is 5.56 Å². The highest BCUT2D eigenvalue weighted by atomic mass is 35.5. The van der Waals surface area contributed by atoms with Crippen LogP contribution in [0, 0.1) is 6.92 Å². The van der Waals surface area contributed by atoms with E-state index in [9.17, 15) is 13.2 Å². The predicted octanol–water partition coefficient (Wildman–Crippen LogP) is 5.87. The van der Waals surface area contributed by atoms with Crippen molar-refractivity contribution in [1.82, 2.24) is 0 Å². The molecule has 0 unspecified atom stereocenters. The third kappa shape index (κ3) is 3.90. The third-order valence-corrected chi connectivity index (χ3v) is 7.68. The van der Waals surface area contributed by atoms with Gasteiger partial charge in [0.1, 0.15) is 0 Å². The molecule has 0 fully saturated rings. The van der Waals surface area contributed by atoms with Gasteiger partial charge in [-0.05, 0) is 61.4 Å². The average molecular weight is 487 g/mol. The second-order valence-electron chi connectivity index (χ2n) is 7.31. The number of aryl methyl sites for hydroxylation is 1. The lowest BCUT2D eigenvalue weighted by Crippen LogP contribution is -2.39. The zero-order chi connectivity index (χ0) is 23.0. The molecule has 1 heterocycles. The van der Waals surface area contributed by atoms with Gasteiger partial charge in [-0.1, -0.05) is 53.5 Å². The Morgan fingerprint density at radius 2 is 1.62 bits per heavy atom. The lowest BCUT2D eigenvalue weighted by molar-refractivity contribution is -0.112. The zero-order valence-electron chi connectivity index (χ0n) is 17.4. The summed E-state index contributed by atoms with van der Waals surface area (Å²) in [6.07, 6.45) is 0. The van der Waals surface area contributed by atoms with Crippen LogP contribution >= 0.6 is 23.2 Å². The smallest absolute Gasteiger partial charge is 0.270 e. The van der Waals surface area contributed by atoms with Crippen LogP contribution in [0.25, 0.3) is 5.57 Å². The fourth-order valence-corrected chi connectivity index (χ4v) is 5.97. The van der Waals surface area contributed by atoms with Crippen molar-refractivity contribution in [3.05, 3.63) is 98.4 Å². The Hall–Kier alpha value is -2.80. The molecule has 164 valence electrons. The number of sulfonamides is 1. The molecular weight excluding hydrogens is 467 g/mol. The van der Waals surface area contributed by atoms with Crippen LogP contribution in [0.5, 0.6) is 0 Å². The number of hydrogen-bond acceptors (Lipinski definition) is 3. The van der Waals surface area contributed by atoms with Gasteiger partial charge in [0.25, 0.3) is 15.9 Å². The van der Waals surface area contributed by atoms with E-state index < -0.39 is 15.9 Å². The number of halogens is 2. The van der Waals surface area contributed by atoms with Gasteiger partial charge in [-0.15, -0.1) is 0 Å². The molecule has 0 radical (unpaired) electrons. The minimum Gasteiger partial charge on any atom is -0.321 e. The Bertz CT molecular complexity index is 1350. The van der Waals surface area contributed by atoms with E-state index in [-0.39, 0.29) is 11.4 Å². The van der Waals surface area contributed by atoms with Crippen LogP contribution in [0.4, 0.5) is 11.4 Å². The number of fused-ring (bicyclic) bond motifs is 1. The van der Waals surface area contributed by atoms with Crippen molar-refractivity contribution in [3.8, 4) is 0 Å². The highest BCUT2D eigenvalue weighted by Gasteiger charge is 2.40. The summed E-state index contributed by atoms with van der Waals surface area (Å²) in [5, 5.41) is 3.73. The first-order chi connectivity index (χ1) is 15.2. The fraction of sp³-hybridized carbons (Fsp3) is 0.125. The molecule has 0 aromatic heterocycles. The van der Waals surface area contributed by atoms with Crippen LogP contribution in [-0.4, -0.2) is 20.9 Å². The Morgan fingerprint density at radius 3 is 2.28 bits per heavy atom. The molecule has 1 aliphatic heterocycles. The number of carbonyl (C=O) groups is 1. The van der Waals surface area contributed by atoms with Gasteiger partial charge in [-0.25, -0.2) is 8.42 Å². The predicted molar refractivity (Wildman–Crippen MR) is 131 cm³/mol. The molecule has 1 amide bonds. The van der Waals surface area contributed by atoms with Crippen molar-refractivity contribution in [2.75, 3.05) is 16.2 Å². The van der Waals surface area contributed by atoms with Crippen molar-refractivity contribution < 1.29 is 13.2 Å². The molecule has 3 aromatic rings. The number of benzene rings is 3. The quantitative estimate of drug-likeness (QED) is 0.501. The van der Waals surface area contributed by atoms with E-state index in [2.05, 4.69) is 5.32 Å². The minimum absolute atomic E-state index is 0.162. The fourth-order valence-electron chi connectivity index (χ4n) is 3.83. The molecular formula is C24H20Cl2N2O3S.